The Morgan fingerprint density at radius 2 is 2.11 bits per heavy atom. The van der Waals surface area contributed by atoms with Crippen LogP contribution in [0.5, 0.6) is 5.75 Å². The van der Waals surface area contributed by atoms with E-state index in [1.165, 1.54) is 0 Å². The lowest BCUT2D eigenvalue weighted by Crippen LogP contribution is -2.39. The number of hydrogen-bond donors (Lipinski definition) is 1. The summed E-state index contributed by atoms with van der Waals surface area (Å²) < 4.78 is 5.17. The normalized spacial score (nSPS) is 13.3. The number of ether oxygens (including phenoxy) is 1. The molecule has 0 aliphatic carbocycles. The molecule has 138 valence electrons. The van der Waals surface area contributed by atoms with Crippen LogP contribution in [0.3, 0.4) is 0 Å². The zero-order valence-electron chi connectivity index (χ0n) is 14.9. The number of nitrogens with one attached hydrogen (secondary N) is 1. The van der Waals surface area contributed by atoms with Gasteiger partial charge in [-0.15, -0.1) is 11.3 Å². The van der Waals surface area contributed by atoms with Crippen molar-refractivity contribution in [1.82, 2.24) is 14.9 Å². The van der Waals surface area contributed by atoms with Crippen molar-refractivity contribution in [1.29, 1.82) is 0 Å². The summed E-state index contributed by atoms with van der Waals surface area (Å²) in [5.41, 5.74) is 2.02. The van der Waals surface area contributed by atoms with Gasteiger partial charge in [-0.1, -0.05) is 6.07 Å². The fourth-order valence-corrected chi connectivity index (χ4v) is 3.91. The summed E-state index contributed by atoms with van der Waals surface area (Å²) in [7, 11) is 1.61. The van der Waals surface area contributed by atoms with Crippen LogP contribution in [0.25, 0.3) is 11.4 Å². The van der Waals surface area contributed by atoms with E-state index < -0.39 is 0 Å². The molecule has 0 radical (unpaired) electrons. The highest BCUT2D eigenvalue weighted by molar-refractivity contribution is 7.10. The van der Waals surface area contributed by atoms with Crippen LogP contribution < -0.4 is 10.3 Å². The molecule has 1 aliphatic rings. The van der Waals surface area contributed by atoms with Gasteiger partial charge in [0.05, 0.1) is 25.8 Å². The second-order valence-electron chi connectivity index (χ2n) is 6.39. The summed E-state index contributed by atoms with van der Waals surface area (Å²) in [5, 5.41) is 1.97. The van der Waals surface area contributed by atoms with Crippen LogP contribution in [0.1, 0.15) is 16.1 Å². The SMILES string of the molecule is COc1ccc(-c2nc3c(c(=O)[nH]2)CCN(C(=O)Cc2cccs2)C3)cc1. The molecule has 3 aromatic rings. The number of amides is 1. The highest BCUT2D eigenvalue weighted by Gasteiger charge is 2.24. The Morgan fingerprint density at radius 3 is 2.81 bits per heavy atom. The largest absolute Gasteiger partial charge is 0.497 e. The maximum absolute atomic E-state index is 12.6. The highest BCUT2D eigenvalue weighted by Crippen LogP contribution is 2.22. The maximum atomic E-state index is 12.6. The lowest BCUT2D eigenvalue weighted by molar-refractivity contribution is -0.131. The van der Waals surface area contributed by atoms with Crippen molar-refractivity contribution in [3.63, 3.8) is 0 Å². The lowest BCUT2D eigenvalue weighted by Gasteiger charge is -2.27. The summed E-state index contributed by atoms with van der Waals surface area (Å²) in [6, 6.07) is 11.3. The first kappa shape index (κ1) is 17.5. The van der Waals surface area contributed by atoms with Crippen LogP contribution in [0.4, 0.5) is 0 Å². The average molecular weight is 381 g/mol. The molecule has 0 spiro atoms. The first-order valence-corrected chi connectivity index (χ1v) is 9.58. The van der Waals surface area contributed by atoms with Gasteiger partial charge < -0.3 is 14.6 Å². The van der Waals surface area contributed by atoms with Crippen LogP contribution in [0.2, 0.25) is 0 Å². The zero-order valence-corrected chi connectivity index (χ0v) is 15.7. The number of carbonyl (C=O) groups excluding carboxylic acids is 1. The van der Waals surface area contributed by atoms with Gasteiger partial charge in [-0.05, 0) is 42.1 Å². The third kappa shape index (κ3) is 3.64. The number of aromatic amines is 1. The number of thiophene rings is 1. The summed E-state index contributed by atoms with van der Waals surface area (Å²) in [5.74, 6) is 1.31. The van der Waals surface area contributed by atoms with E-state index in [1.807, 2.05) is 41.8 Å². The number of fused-ring (bicyclic) bond motifs is 1. The number of methoxy groups -OCH3 is 1. The first-order chi connectivity index (χ1) is 13.1. The quantitative estimate of drug-likeness (QED) is 0.754. The fraction of sp³-hybridized carbons (Fsp3) is 0.250. The molecular formula is C20H19N3O3S. The molecule has 0 unspecified atom stereocenters. The summed E-state index contributed by atoms with van der Waals surface area (Å²) in [4.78, 5) is 35.4. The van der Waals surface area contributed by atoms with E-state index in [4.69, 9.17) is 4.74 Å². The summed E-state index contributed by atoms with van der Waals surface area (Å²) in [6.07, 6.45) is 0.915. The van der Waals surface area contributed by atoms with E-state index in [0.29, 0.717) is 43.0 Å². The lowest BCUT2D eigenvalue weighted by atomic mass is 10.1. The molecule has 0 saturated carbocycles. The van der Waals surface area contributed by atoms with Crippen molar-refractivity contribution in [2.45, 2.75) is 19.4 Å². The molecule has 27 heavy (non-hydrogen) atoms. The van der Waals surface area contributed by atoms with E-state index >= 15 is 0 Å². The highest BCUT2D eigenvalue weighted by atomic mass is 32.1. The van der Waals surface area contributed by atoms with Crippen LogP contribution in [0.15, 0.2) is 46.6 Å². The first-order valence-electron chi connectivity index (χ1n) is 8.70. The summed E-state index contributed by atoms with van der Waals surface area (Å²) in [6.45, 7) is 0.913. The predicted molar refractivity (Wildman–Crippen MR) is 104 cm³/mol. The fourth-order valence-electron chi connectivity index (χ4n) is 3.21. The molecule has 1 N–H and O–H groups in total. The smallest absolute Gasteiger partial charge is 0.254 e. The van der Waals surface area contributed by atoms with Crippen molar-refractivity contribution in [3.8, 4) is 17.1 Å². The number of rotatable bonds is 4. The molecule has 0 bridgehead atoms. The van der Waals surface area contributed by atoms with E-state index in [2.05, 4.69) is 9.97 Å². The van der Waals surface area contributed by atoms with Crippen molar-refractivity contribution in [2.24, 2.45) is 0 Å². The molecule has 6 nitrogen and oxygen atoms in total. The number of carbonyl (C=O) groups is 1. The number of aromatic nitrogens is 2. The second kappa shape index (κ2) is 7.36. The van der Waals surface area contributed by atoms with E-state index in [0.717, 1.165) is 16.2 Å². The Balaban J connectivity index is 1.59. The second-order valence-corrected chi connectivity index (χ2v) is 7.42. The van der Waals surface area contributed by atoms with Gasteiger partial charge in [-0.3, -0.25) is 9.59 Å². The maximum Gasteiger partial charge on any atom is 0.254 e. The van der Waals surface area contributed by atoms with Crippen molar-refractivity contribution >= 4 is 17.2 Å². The minimum atomic E-state index is -0.129. The number of H-pyrrole nitrogens is 1. The monoisotopic (exact) mass is 381 g/mol. The van der Waals surface area contributed by atoms with Gasteiger partial charge in [0.25, 0.3) is 5.56 Å². The van der Waals surface area contributed by atoms with E-state index in [1.54, 1.807) is 23.3 Å². The molecule has 1 amide bonds. The van der Waals surface area contributed by atoms with Gasteiger partial charge in [-0.2, -0.15) is 0 Å². The molecular weight excluding hydrogens is 362 g/mol. The van der Waals surface area contributed by atoms with E-state index in [9.17, 15) is 9.59 Å². The molecule has 3 heterocycles. The minimum absolute atomic E-state index is 0.0659. The van der Waals surface area contributed by atoms with Crippen LogP contribution in [-0.2, 0) is 24.2 Å². The Hall–Kier alpha value is -2.93. The average Bonchev–Trinajstić information content (AvgIpc) is 3.20. The molecule has 1 aliphatic heterocycles. The van der Waals surface area contributed by atoms with Gasteiger partial charge >= 0.3 is 0 Å². The third-order valence-corrected chi connectivity index (χ3v) is 5.57. The van der Waals surface area contributed by atoms with Crippen LogP contribution in [-0.4, -0.2) is 34.4 Å². The van der Waals surface area contributed by atoms with Crippen molar-refractivity contribution in [2.75, 3.05) is 13.7 Å². The van der Waals surface area contributed by atoms with Crippen molar-refractivity contribution < 1.29 is 9.53 Å². The van der Waals surface area contributed by atoms with Crippen LogP contribution in [0, 0.1) is 0 Å². The number of benzene rings is 1. The molecule has 0 atom stereocenters. The minimum Gasteiger partial charge on any atom is -0.497 e. The van der Waals surface area contributed by atoms with Gasteiger partial charge in [0.1, 0.15) is 11.6 Å². The Kier molecular flexibility index (Phi) is 4.77. The topological polar surface area (TPSA) is 75.3 Å². The molecule has 1 aromatic carbocycles. The zero-order chi connectivity index (χ0) is 18.8. The standard InChI is InChI=1S/C20H19N3O3S/c1-26-14-6-4-13(5-7-14)19-21-17-12-23(9-8-16(17)20(25)22-19)18(24)11-15-3-2-10-27-15/h2-7,10H,8-9,11-12H2,1H3,(H,21,22,25). The van der Waals surface area contributed by atoms with E-state index in [-0.39, 0.29) is 11.5 Å². The van der Waals surface area contributed by atoms with Crippen LogP contribution >= 0.6 is 11.3 Å². The molecule has 0 fully saturated rings. The van der Waals surface area contributed by atoms with Crippen molar-refractivity contribution in [3.05, 3.63) is 68.3 Å². The number of hydrogen-bond acceptors (Lipinski definition) is 5. The predicted octanol–water partition coefficient (Wildman–Crippen LogP) is 2.63. The molecule has 0 saturated heterocycles. The van der Waals surface area contributed by atoms with Gasteiger partial charge in [0.15, 0.2) is 0 Å². The van der Waals surface area contributed by atoms with Gasteiger partial charge in [0.2, 0.25) is 5.91 Å². The Bertz CT molecular complexity index is 1010. The third-order valence-electron chi connectivity index (χ3n) is 4.70. The Morgan fingerprint density at radius 1 is 1.30 bits per heavy atom. The number of nitrogens with zero attached hydrogens (tertiary/aromatic N) is 2. The molecule has 4 rings (SSSR count). The molecule has 2 aromatic heterocycles. The van der Waals surface area contributed by atoms with Gasteiger partial charge in [-0.25, -0.2) is 4.98 Å². The van der Waals surface area contributed by atoms with Gasteiger partial charge in [0, 0.05) is 22.5 Å². The summed E-state index contributed by atoms with van der Waals surface area (Å²) >= 11 is 1.58. The Labute approximate surface area is 160 Å². The molecule has 7 heteroatoms.